The molecule has 0 aliphatic rings. The summed E-state index contributed by atoms with van der Waals surface area (Å²) in [7, 11) is 0. The first-order chi connectivity index (χ1) is 13.5. The fourth-order valence-electron chi connectivity index (χ4n) is 2.29. The summed E-state index contributed by atoms with van der Waals surface area (Å²) in [6.45, 7) is -0.322. The van der Waals surface area contributed by atoms with Gasteiger partial charge in [0.05, 0.1) is 5.02 Å². The van der Waals surface area contributed by atoms with Crippen LogP contribution in [0.5, 0.6) is 11.5 Å². The van der Waals surface area contributed by atoms with Crippen LogP contribution in [0.1, 0.15) is 10.4 Å². The molecule has 0 atom stereocenters. The summed E-state index contributed by atoms with van der Waals surface area (Å²) < 4.78 is 10.5. The van der Waals surface area contributed by atoms with Crippen LogP contribution in [0, 0.1) is 0 Å². The molecule has 0 radical (unpaired) electrons. The molecule has 0 aliphatic carbocycles. The molecule has 7 heteroatoms. The SMILES string of the molecule is O=C(COc1ccc(Cl)cc1Cl)Oc1ccc(C(=O)Nc2ccccc2)cc1. The summed E-state index contributed by atoms with van der Waals surface area (Å²) in [5.74, 6) is -0.236. The molecular formula is C21H15Cl2NO4. The summed E-state index contributed by atoms with van der Waals surface area (Å²) >= 11 is 11.8. The number of esters is 1. The van der Waals surface area contributed by atoms with Crippen molar-refractivity contribution < 1.29 is 19.1 Å². The largest absolute Gasteiger partial charge is 0.480 e. The fourth-order valence-corrected chi connectivity index (χ4v) is 2.75. The van der Waals surface area contributed by atoms with Crippen LogP contribution in [0.2, 0.25) is 10.0 Å². The number of carbonyl (C=O) groups is 2. The van der Waals surface area contributed by atoms with Crippen LogP contribution >= 0.6 is 23.2 Å². The van der Waals surface area contributed by atoms with Gasteiger partial charge in [-0.15, -0.1) is 0 Å². The smallest absolute Gasteiger partial charge is 0.349 e. The van der Waals surface area contributed by atoms with Crippen LogP contribution in [-0.2, 0) is 4.79 Å². The number of rotatable bonds is 6. The zero-order chi connectivity index (χ0) is 19.9. The van der Waals surface area contributed by atoms with Crippen molar-refractivity contribution >= 4 is 40.8 Å². The number of benzene rings is 3. The Morgan fingerprint density at radius 1 is 0.893 bits per heavy atom. The molecule has 5 nitrogen and oxygen atoms in total. The van der Waals surface area contributed by atoms with Crippen molar-refractivity contribution in [1.82, 2.24) is 0 Å². The van der Waals surface area contributed by atoms with Gasteiger partial charge in [-0.1, -0.05) is 41.4 Å². The third-order valence-corrected chi connectivity index (χ3v) is 4.15. The minimum absolute atomic E-state index is 0.259. The summed E-state index contributed by atoms with van der Waals surface area (Å²) in [6.07, 6.45) is 0. The zero-order valence-corrected chi connectivity index (χ0v) is 16.0. The molecule has 3 rings (SSSR count). The van der Waals surface area contributed by atoms with Gasteiger partial charge in [0.1, 0.15) is 11.5 Å². The first-order valence-corrected chi connectivity index (χ1v) is 9.02. The van der Waals surface area contributed by atoms with Gasteiger partial charge in [0.25, 0.3) is 5.91 Å². The van der Waals surface area contributed by atoms with Gasteiger partial charge in [-0.2, -0.15) is 0 Å². The van der Waals surface area contributed by atoms with Crippen LogP contribution in [0.15, 0.2) is 72.8 Å². The van der Waals surface area contributed by atoms with E-state index in [1.165, 1.54) is 18.2 Å². The monoisotopic (exact) mass is 415 g/mol. The molecule has 0 aromatic heterocycles. The van der Waals surface area contributed by atoms with Gasteiger partial charge in [-0.25, -0.2) is 4.79 Å². The highest BCUT2D eigenvalue weighted by Gasteiger charge is 2.10. The minimum atomic E-state index is -0.604. The molecule has 0 heterocycles. The van der Waals surface area contributed by atoms with Gasteiger partial charge >= 0.3 is 5.97 Å². The Kier molecular flexibility index (Phi) is 6.53. The van der Waals surface area contributed by atoms with Crippen molar-refractivity contribution in [2.45, 2.75) is 0 Å². The maximum Gasteiger partial charge on any atom is 0.349 e. The first-order valence-electron chi connectivity index (χ1n) is 8.26. The number of amides is 1. The number of para-hydroxylation sites is 1. The van der Waals surface area contributed by atoms with E-state index in [9.17, 15) is 9.59 Å². The molecular weight excluding hydrogens is 401 g/mol. The maximum atomic E-state index is 12.2. The topological polar surface area (TPSA) is 64.6 Å². The Hall–Kier alpha value is -3.02. The zero-order valence-electron chi connectivity index (χ0n) is 14.5. The van der Waals surface area contributed by atoms with Crippen LogP contribution in [0.25, 0.3) is 0 Å². The summed E-state index contributed by atoms with van der Waals surface area (Å²) in [5, 5.41) is 3.55. The highest BCUT2D eigenvalue weighted by atomic mass is 35.5. The maximum absolute atomic E-state index is 12.2. The molecule has 0 fully saturated rings. The lowest BCUT2D eigenvalue weighted by Gasteiger charge is -2.09. The Balaban J connectivity index is 1.53. The average molecular weight is 416 g/mol. The summed E-state index contributed by atoms with van der Waals surface area (Å²) in [5.41, 5.74) is 1.13. The van der Waals surface area contributed by atoms with Crippen LogP contribution < -0.4 is 14.8 Å². The predicted octanol–water partition coefficient (Wildman–Crippen LogP) is 5.23. The van der Waals surface area contributed by atoms with Crippen molar-refractivity contribution in [3.63, 3.8) is 0 Å². The van der Waals surface area contributed by atoms with E-state index in [0.29, 0.717) is 32.8 Å². The highest BCUT2D eigenvalue weighted by molar-refractivity contribution is 6.35. The fraction of sp³-hybridized carbons (Fsp3) is 0.0476. The number of ether oxygens (including phenoxy) is 2. The quantitative estimate of drug-likeness (QED) is 0.442. The molecule has 28 heavy (non-hydrogen) atoms. The number of halogens is 2. The van der Waals surface area contributed by atoms with Gasteiger partial charge in [-0.3, -0.25) is 4.79 Å². The van der Waals surface area contributed by atoms with E-state index in [1.807, 2.05) is 18.2 Å². The molecule has 0 bridgehead atoms. The van der Waals surface area contributed by atoms with E-state index in [2.05, 4.69) is 5.32 Å². The molecule has 142 valence electrons. The lowest BCUT2D eigenvalue weighted by atomic mass is 10.2. The second kappa shape index (κ2) is 9.26. The average Bonchev–Trinajstić information content (AvgIpc) is 2.68. The molecule has 1 amide bonds. The van der Waals surface area contributed by atoms with E-state index in [0.717, 1.165) is 0 Å². The van der Waals surface area contributed by atoms with Crippen molar-refractivity contribution in [3.05, 3.63) is 88.4 Å². The lowest BCUT2D eigenvalue weighted by Crippen LogP contribution is -2.18. The third-order valence-electron chi connectivity index (χ3n) is 3.62. The summed E-state index contributed by atoms with van der Waals surface area (Å²) in [4.78, 5) is 24.1. The second-order valence-corrected chi connectivity index (χ2v) is 6.53. The number of anilines is 1. The molecule has 3 aromatic rings. The van der Waals surface area contributed by atoms with E-state index in [1.54, 1.807) is 36.4 Å². The Morgan fingerprint density at radius 3 is 2.29 bits per heavy atom. The van der Waals surface area contributed by atoms with E-state index >= 15 is 0 Å². The van der Waals surface area contributed by atoms with Crippen LogP contribution in [0.3, 0.4) is 0 Å². The molecule has 0 spiro atoms. The third kappa shape index (κ3) is 5.49. The van der Waals surface area contributed by atoms with E-state index < -0.39 is 5.97 Å². The second-order valence-electron chi connectivity index (χ2n) is 5.68. The van der Waals surface area contributed by atoms with Crippen molar-refractivity contribution in [1.29, 1.82) is 0 Å². The number of carbonyl (C=O) groups excluding carboxylic acids is 2. The Morgan fingerprint density at radius 2 is 1.61 bits per heavy atom. The van der Waals surface area contributed by atoms with Crippen molar-refractivity contribution in [3.8, 4) is 11.5 Å². The standard InChI is InChI=1S/C21H15Cl2NO4/c22-15-8-11-19(18(23)12-15)27-13-20(25)28-17-9-6-14(7-10-17)21(26)24-16-4-2-1-3-5-16/h1-12H,13H2,(H,24,26). The molecule has 0 saturated heterocycles. The molecule has 3 aromatic carbocycles. The molecule has 1 N–H and O–H groups in total. The van der Waals surface area contributed by atoms with Gasteiger partial charge < -0.3 is 14.8 Å². The van der Waals surface area contributed by atoms with Gasteiger partial charge in [-0.05, 0) is 54.6 Å². The van der Waals surface area contributed by atoms with E-state index in [-0.39, 0.29) is 12.5 Å². The normalized spacial score (nSPS) is 10.2. The number of hydrogen-bond acceptors (Lipinski definition) is 4. The Bertz CT molecular complexity index is 975. The van der Waals surface area contributed by atoms with Crippen LogP contribution in [-0.4, -0.2) is 18.5 Å². The number of hydrogen-bond donors (Lipinski definition) is 1. The summed E-state index contributed by atoms with van der Waals surface area (Å²) in [6, 6.07) is 20.0. The minimum Gasteiger partial charge on any atom is -0.480 e. The van der Waals surface area contributed by atoms with E-state index in [4.69, 9.17) is 32.7 Å². The van der Waals surface area contributed by atoms with Crippen molar-refractivity contribution in [2.75, 3.05) is 11.9 Å². The predicted molar refractivity (Wildman–Crippen MR) is 108 cm³/mol. The Labute approximate surface area is 171 Å². The van der Waals surface area contributed by atoms with Crippen LogP contribution in [0.4, 0.5) is 5.69 Å². The number of nitrogens with one attached hydrogen (secondary N) is 1. The lowest BCUT2D eigenvalue weighted by molar-refractivity contribution is -0.136. The van der Waals surface area contributed by atoms with Crippen molar-refractivity contribution in [2.24, 2.45) is 0 Å². The van der Waals surface area contributed by atoms with Gasteiger partial charge in [0.2, 0.25) is 0 Å². The molecule has 0 aliphatic heterocycles. The van der Waals surface area contributed by atoms with Gasteiger partial charge in [0.15, 0.2) is 6.61 Å². The van der Waals surface area contributed by atoms with Gasteiger partial charge in [0, 0.05) is 16.3 Å². The highest BCUT2D eigenvalue weighted by Crippen LogP contribution is 2.27. The first kappa shape index (κ1) is 19.7. The molecule has 0 unspecified atom stereocenters. The molecule has 0 saturated carbocycles.